The number of ether oxygens (including phenoxy) is 1. The van der Waals surface area contributed by atoms with E-state index in [0.29, 0.717) is 6.54 Å². The molecule has 80 valence electrons. The van der Waals surface area contributed by atoms with Gasteiger partial charge >= 0.3 is 5.97 Å². The molecule has 0 aromatic carbocycles. The molecule has 0 unspecified atom stereocenters. The maximum Gasteiger partial charge on any atom is 0.331 e. The van der Waals surface area contributed by atoms with E-state index in [-0.39, 0.29) is 5.97 Å². The van der Waals surface area contributed by atoms with Gasteiger partial charge in [0, 0.05) is 26.4 Å². The van der Waals surface area contributed by atoms with Gasteiger partial charge in [0.1, 0.15) is 0 Å². The monoisotopic (exact) mass is 198 g/mol. The number of carbonyl (C=O) groups excluding carboxylic acids is 1. The molecule has 0 fully saturated rings. The first kappa shape index (κ1) is 12.7. The fourth-order valence-corrected chi connectivity index (χ4v) is 0.819. The van der Waals surface area contributed by atoms with E-state index in [2.05, 4.69) is 11.3 Å². The lowest BCUT2D eigenvalue weighted by atomic mass is 10.3. The van der Waals surface area contributed by atoms with Gasteiger partial charge in [-0.15, -0.1) is 0 Å². The Morgan fingerprint density at radius 1 is 1.50 bits per heavy atom. The van der Waals surface area contributed by atoms with Crippen LogP contribution < -0.4 is 0 Å². The standard InChI is InChI=1S/C10H18N2O2/c1-9(2)8-12(11(3)4)7-6-10(13)14-5/h6-7H,1,8H2,2-5H3/b7-6+. The molecule has 0 aliphatic rings. The summed E-state index contributed by atoms with van der Waals surface area (Å²) >= 11 is 0. The summed E-state index contributed by atoms with van der Waals surface area (Å²) in [5, 5.41) is 3.73. The van der Waals surface area contributed by atoms with Crippen LogP contribution in [0.15, 0.2) is 24.4 Å². The van der Waals surface area contributed by atoms with Crippen LogP contribution in [0.1, 0.15) is 6.92 Å². The number of rotatable bonds is 5. The minimum absolute atomic E-state index is 0.362. The number of nitrogens with zero attached hydrogens (tertiary/aromatic N) is 2. The van der Waals surface area contributed by atoms with Crippen LogP contribution in [-0.4, -0.2) is 43.7 Å². The Labute approximate surface area is 85.4 Å². The zero-order valence-electron chi connectivity index (χ0n) is 9.28. The fourth-order valence-electron chi connectivity index (χ4n) is 0.819. The van der Waals surface area contributed by atoms with Crippen molar-refractivity contribution in [2.75, 3.05) is 27.7 Å². The van der Waals surface area contributed by atoms with Gasteiger partial charge in [0.05, 0.1) is 13.7 Å². The van der Waals surface area contributed by atoms with Gasteiger partial charge in [-0.2, -0.15) is 0 Å². The molecule has 0 saturated carbocycles. The van der Waals surface area contributed by atoms with Crippen LogP contribution in [0.2, 0.25) is 0 Å². The summed E-state index contributed by atoms with van der Waals surface area (Å²) in [6, 6.07) is 0. The lowest BCUT2D eigenvalue weighted by molar-refractivity contribution is -0.135. The van der Waals surface area contributed by atoms with Gasteiger partial charge in [-0.05, 0) is 6.92 Å². The summed E-state index contributed by atoms with van der Waals surface area (Å²) in [7, 11) is 5.14. The topological polar surface area (TPSA) is 32.8 Å². The van der Waals surface area contributed by atoms with E-state index in [9.17, 15) is 4.79 Å². The molecule has 0 bridgehead atoms. The lowest BCUT2D eigenvalue weighted by Crippen LogP contribution is -2.33. The zero-order chi connectivity index (χ0) is 11.1. The molecule has 0 aliphatic heterocycles. The molecule has 0 saturated heterocycles. The van der Waals surface area contributed by atoms with Crippen molar-refractivity contribution in [2.45, 2.75) is 6.92 Å². The average molecular weight is 198 g/mol. The van der Waals surface area contributed by atoms with E-state index in [1.165, 1.54) is 13.2 Å². The molecule has 4 nitrogen and oxygen atoms in total. The van der Waals surface area contributed by atoms with Gasteiger partial charge in [-0.3, -0.25) is 0 Å². The van der Waals surface area contributed by atoms with Crippen molar-refractivity contribution in [3.63, 3.8) is 0 Å². The molecule has 0 atom stereocenters. The molecule has 0 aromatic heterocycles. The highest BCUT2D eigenvalue weighted by Crippen LogP contribution is 1.99. The Hall–Kier alpha value is -1.29. The maximum atomic E-state index is 10.8. The number of methoxy groups -OCH3 is 1. The van der Waals surface area contributed by atoms with Crippen LogP contribution in [0, 0.1) is 0 Å². The minimum atomic E-state index is -0.362. The van der Waals surface area contributed by atoms with Gasteiger partial charge in [-0.25, -0.2) is 9.80 Å². The second kappa shape index (κ2) is 6.21. The predicted molar refractivity (Wildman–Crippen MR) is 56.4 cm³/mol. The lowest BCUT2D eigenvalue weighted by Gasteiger charge is -2.27. The highest BCUT2D eigenvalue weighted by molar-refractivity contribution is 5.81. The van der Waals surface area contributed by atoms with E-state index in [0.717, 1.165) is 5.57 Å². The van der Waals surface area contributed by atoms with Gasteiger partial charge in [-0.1, -0.05) is 12.2 Å². The highest BCUT2D eigenvalue weighted by Gasteiger charge is 2.02. The Morgan fingerprint density at radius 2 is 2.07 bits per heavy atom. The van der Waals surface area contributed by atoms with Crippen LogP contribution in [0.4, 0.5) is 0 Å². The van der Waals surface area contributed by atoms with Gasteiger partial charge in [0.2, 0.25) is 0 Å². The number of esters is 1. The zero-order valence-corrected chi connectivity index (χ0v) is 9.28. The SMILES string of the molecule is C=C(C)CN(/C=C/C(=O)OC)N(C)C. The summed E-state index contributed by atoms with van der Waals surface area (Å²) in [5.41, 5.74) is 1.02. The van der Waals surface area contributed by atoms with Crippen molar-refractivity contribution in [1.29, 1.82) is 0 Å². The quantitative estimate of drug-likeness (QED) is 0.286. The van der Waals surface area contributed by atoms with Gasteiger partial charge in [0.15, 0.2) is 0 Å². The third kappa shape index (κ3) is 5.37. The van der Waals surface area contributed by atoms with E-state index in [1.54, 1.807) is 6.20 Å². The molecular weight excluding hydrogens is 180 g/mol. The smallest absolute Gasteiger partial charge is 0.331 e. The van der Waals surface area contributed by atoms with Crippen molar-refractivity contribution >= 4 is 5.97 Å². The van der Waals surface area contributed by atoms with Gasteiger partial charge < -0.3 is 9.75 Å². The van der Waals surface area contributed by atoms with Crippen molar-refractivity contribution in [1.82, 2.24) is 10.0 Å². The van der Waals surface area contributed by atoms with Crippen LogP contribution in [0.3, 0.4) is 0 Å². The Balaban J connectivity index is 4.29. The van der Waals surface area contributed by atoms with E-state index < -0.39 is 0 Å². The first-order valence-corrected chi connectivity index (χ1v) is 4.31. The maximum absolute atomic E-state index is 10.8. The highest BCUT2D eigenvalue weighted by atomic mass is 16.5. The number of hydrogen-bond donors (Lipinski definition) is 0. The van der Waals surface area contributed by atoms with Crippen LogP contribution >= 0.6 is 0 Å². The second-order valence-corrected chi connectivity index (χ2v) is 3.24. The van der Waals surface area contributed by atoms with Crippen LogP contribution in [0.5, 0.6) is 0 Å². The molecule has 0 rings (SSSR count). The Morgan fingerprint density at radius 3 is 2.43 bits per heavy atom. The molecule has 14 heavy (non-hydrogen) atoms. The van der Waals surface area contributed by atoms with Crippen molar-refractivity contribution in [2.24, 2.45) is 0 Å². The van der Waals surface area contributed by atoms with Crippen LogP contribution in [0.25, 0.3) is 0 Å². The minimum Gasteiger partial charge on any atom is -0.466 e. The summed E-state index contributed by atoms with van der Waals surface area (Å²) in [5.74, 6) is -0.362. The average Bonchev–Trinajstić information content (AvgIpc) is 2.10. The molecule has 0 spiro atoms. The van der Waals surface area contributed by atoms with E-state index >= 15 is 0 Å². The van der Waals surface area contributed by atoms with Crippen molar-refractivity contribution in [3.8, 4) is 0 Å². The first-order chi connectivity index (χ1) is 6.47. The van der Waals surface area contributed by atoms with E-state index in [1.807, 2.05) is 31.0 Å². The van der Waals surface area contributed by atoms with Crippen molar-refractivity contribution in [3.05, 3.63) is 24.4 Å². The third-order valence-electron chi connectivity index (χ3n) is 1.53. The number of hydrogen-bond acceptors (Lipinski definition) is 4. The first-order valence-electron chi connectivity index (χ1n) is 4.31. The molecule has 4 heteroatoms. The third-order valence-corrected chi connectivity index (χ3v) is 1.53. The molecule has 0 aromatic rings. The van der Waals surface area contributed by atoms with E-state index in [4.69, 9.17) is 0 Å². The van der Waals surface area contributed by atoms with Crippen molar-refractivity contribution < 1.29 is 9.53 Å². The van der Waals surface area contributed by atoms with Crippen LogP contribution in [-0.2, 0) is 9.53 Å². The largest absolute Gasteiger partial charge is 0.466 e. The molecule has 0 amide bonds. The fraction of sp³-hybridized carbons (Fsp3) is 0.500. The molecular formula is C10H18N2O2. The number of hydrazine groups is 1. The normalized spacial score (nSPS) is 10.6. The number of carbonyl (C=O) groups is 1. The summed E-state index contributed by atoms with van der Waals surface area (Å²) in [6.45, 7) is 6.42. The molecule has 0 heterocycles. The summed E-state index contributed by atoms with van der Waals surface area (Å²) in [6.07, 6.45) is 3.05. The second-order valence-electron chi connectivity index (χ2n) is 3.24. The van der Waals surface area contributed by atoms with Gasteiger partial charge in [0.25, 0.3) is 0 Å². The predicted octanol–water partition coefficient (Wildman–Crippen LogP) is 1.03. The molecule has 0 N–H and O–H groups in total. The molecule has 0 aliphatic carbocycles. The Kier molecular flexibility index (Phi) is 5.64. The summed E-state index contributed by atoms with van der Waals surface area (Å²) in [4.78, 5) is 10.8. The Bertz CT molecular complexity index is 234. The molecule has 0 radical (unpaired) electrons. The summed E-state index contributed by atoms with van der Waals surface area (Å²) < 4.78 is 4.49.